The molecular formula is C25H42IN5O2. The Morgan fingerprint density at radius 1 is 1.06 bits per heavy atom. The number of rotatable bonds is 6. The number of guanidine groups is 1. The van der Waals surface area contributed by atoms with Gasteiger partial charge in [-0.3, -0.25) is 14.7 Å². The first-order valence-electron chi connectivity index (χ1n) is 12.0. The number of hydrogen-bond acceptors (Lipinski definition) is 4. The van der Waals surface area contributed by atoms with Crippen molar-refractivity contribution in [2.45, 2.75) is 65.3 Å². The highest BCUT2D eigenvalue weighted by atomic mass is 127. The van der Waals surface area contributed by atoms with Gasteiger partial charge in [0, 0.05) is 52.9 Å². The minimum Gasteiger partial charge on any atom is -0.371 e. The highest BCUT2D eigenvalue weighted by Crippen LogP contribution is 2.15. The van der Waals surface area contributed by atoms with Gasteiger partial charge in [-0.15, -0.1) is 24.0 Å². The van der Waals surface area contributed by atoms with Gasteiger partial charge in [0.2, 0.25) is 5.91 Å². The number of aliphatic imine (C=N–C) groups is 1. The van der Waals surface area contributed by atoms with Crippen LogP contribution in [0.3, 0.4) is 0 Å². The highest BCUT2D eigenvalue weighted by Gasteiger charge is 2.30. The van der Waals surface area contributed by atoms with E-state index in [1.165, 1.54) is 11.1 Å². The summed E-state index contributed by atoms with van der Waals surface area (Å²) in [6.07, 6.45) is 2.28. The third kappa shape index (κ3) is 8.40. The second-order valence-electron chi connectivity index (χ2n) is 9.85. The summed E-state index contributed by atoms with van der Waals surface area (Å²) in [4.78, 5) is 23.9. The van der Waals surface area contributed by atoms with E-state index in [-0.39, 0.29) is 41.5 Å². The van der Waals surface area contributed by atoms with E-state index in [1.807, 2.05) is 11.9 Å². The minimum atomic E-state index is -0.144. The van der Waals surface area contributed by atoms with Gasteiger partial charge < -0.3 is 19.9 Å². The molecule has 0 spiro atoms. The molecule has 1 aromatic rings. The molecule has 33 heavy (non-hydrogen) atoms. The fraction of sp³-hybridized carbons (Fsp3) is 0.680. The topological polar surface area (TPSA) is 60.4 Å². The van der Waals surface area contributed by atoms with Crippen molar-refractivity contribution >= 4 is 35.8 Å². The molecule has 0 radical (unpaired) electrons. The predicted octanol–water partition coefficient (Wildman–Crippen LogP) is 3.32. The van der Waals surface area contributed by atoms with E-state index in [1.54, 1.807) is 0 Å². The van der Waals surface area contributed by atoms with Crippen molar-refractivity contribution in [3.05, 3.63) is 35.4 Å². The smallest absolute Gasteiger partial charge is 0.239 e. The number of nitrogens with one attached hydrogen (secondary N) is 1. The number of carbonyl (C=O) groups is 1. The summed E-state index contributed by atoms with van der Waals surface area (Å²) in [5.41, 5.74) is 2.25. The fourth-order valence-electron chi connectivity index (χ4n) is 4.32. The van der Waals surface area contributed by atoms with Crippen LogP contribution in [-0.4, -0.2) is 84.5 Å². The Hall–Kier alpha value is -1.39. The first kappa shape index (κ1) is 27.9. The lowest BCUT2D eigenvalue weighted by Crippen LogP contribution is -2.57. The molecule has 7 nitrogen and oxygen atoms in total. The maximum Gasteiger partial charge on any atom is 0.239 e. The van der Waals surface area contributed by atoms with Crippen molar-refractivity contribution in [2.24, 2.45) is 4.99 Å². The summed E-state index contributed by atoms with van der Waals surface area (Å²) >= 11 is 0. The standard InChI is InChI=1S/C25H41N5O2.HI/c1-20(23(31)29-11-6-7-12-29)28-13-15-30(16-14-28)24(26-5)27-18-21-9-8-10-22(17-21)19-32-25(2,3)4;/h8-10,17,20H,6-7,11-16,18-19H2,1-5H3,(H,26,27);1H. The van der Waals surface area contributed by atoms with Gasteiger partial charge in [-0.1, -0.05) is 24.3 Å². The van der Waals surface area contributed by atoms with Crippen LogP contribution in [0.4, 0.5) is 0 Å². The van der Waals surface area contributed by atoms with Crippen LogP contribution in [-0.2, 0) is 22.7 Å². The highest BCUT2D eigenvalue weighted by molar-refractivity contribution is 14.0. The van der Waals surface area contributed by atoms with Crippen LogP contribution < -0.4 is 5.32 Å². The van der Waals surface area contributed by atoms with Crippen molar-refractivity contribution < 1.29 is 9.53 Å². The first-order valence-corrected chi connectivity index (χ1v) is 12.0. The number of carbonyl (C=O) groups excluding carboxylic acids is 1. The van der Waals surface area contributed by atoms with Crippen LogP contribution in [0.15, 0.2) is 29.3 Å². The summed E-state index contributed by atoms with van der Waals surface area (Å²) in [6, 6.07) is 8.47. The summed E-state index contributed by atoms with van der Waals surface area (Å²) in [7, 11) is 1.84. The zero-order chi connectivity index (χ0) is 23.1. The zero-order valence-electron chi connectivity index (χ0n) is 21.0. The molecule has 0 saturated carbocycles. The van der Waals surface area contributed by atoms with Gasteiger partial charge in [-0.05, 0) is 51.7 Å². The van der Waals surface area contributed by atoms with Crippen LogP contribution in [0.5, 0.6) is 0 Å². The SMILES string of the molecule is CN=C(NCc1cccc(COC(C)(C)C)c1)N1CCN(C(C)C(=O)N2CCCC2)CC1.I. The number of hydrogen-bond donors (Lipinski definition) is 1. The molecule has 2 heterocycles. The molecular weight excluding hydrogens is 529 g/mol. The summed E-state index contributed by atoms with van der Waals surface area (Å²) in [5, 5.41) is 3.51. The van der Waals surface area contributed by atoms with Crippen LogP contribution in [0.1, 0.15) is 51.7 Å². The van der Waals surface area contributed by atoms with Gasteiger partial charge in [0.05, 0.1) is 18.2 Å². The summed E-state index contributed by atoms with van der Waals surface area (Å²) < 4.78 is 5.91. The molecule has 1 aromatic carbocycles. The lowest BCUT2D eigenvalue weighted by atomic mass is 10.1. The average Bonchev–Trinajstić information content (AvgIpc) is 3.32. The predicted molar refractivity (Wildman–Crippen MR) is 145 cm³/mol. The van der Waals surface area contributed by atoms with Crippen molar-refractivity contribution in [3.63, 3.8) is 0 Å². The van der Waals surface area contributed by atoms with E-state index >= 15 is 0 Å². The molecule has 0 aromatic heterocycles. The lowest BCUT2D eigenvalue weighted by Gasteiger charge is -2.39. The molecule has 1 unspecified atom stereocenters. The second kappa shape index (κ2) is 12.9. The molecule has 3 rings (SSSR count). The second-order valence-corrected chi connectivity index (χ2v) is 9.85. The number of likely N-dealkylation sites (tertiary alicyclic amines) is 1. The average molecular weight is 572 g/mol. The Labute approximate surface area is 216 Å². The zero-order valence-corrected chi connectivity index (χ0v) is 23.3. The Kier molecular flexibility index (Phi) is 10.9. The minimum absolute atomic E-state index is 0. The monoisotopic (exact) mass is 571 g/mol. The van der Waals surface area contributed by atoms with Crippen LogP contribution in [0, 0.1) is 0 Å². The van der Waals surface area contributed by atoms with E-state index in [9.17, 15) is 4.79 Å². The molecule has 2 aliphatic rings. The fourth-order valence-corrected chi connectivity index (χ4v) is 4.32. The van der Waals surface area contributed by atoms with E-state index in [0.717, 1.165) is 64.6 Å². The van der Waals surface area contributed by atoms with Gasteiger partial charge in [-0.25, -0.2) is 0 Å². The Morgan fingerprint density at radius 2 is 1.70 bits per heavy atom. The third-order valence-electron chi connectivity index (χ3n) is 6.26. The van der Waals surface area contributed by atoms with Crippen molar-refractivity contribution in [3.8, 4) is 0 Å². The molecule has 186 valence electrons. The normalized spacial score (nSPS) is 18.8. The van der Waals surface area contributed by atoms with E-state index < -0.39 is 0 Å². The van der Waals surface area contributed by atoms with Crippen LogP contribution in [0.25, 0.3) is 0 Å². The number of ether oxygens (including phenoxy) is 1. The molecule has 8 heteroatoms. The number of nitrogens with zero attached hydrogens (tertiary/aromatic N) is 4. The molecule has 0 aliphatic carbocycles. The number of benzene rings is 1. The number of halogens is 1. The molecule has 0 bridgehead atoms. The van der Waals surface area contributed by atoms with Crippen LogP contribution in [0.2, 0.25) is 0 Å². The summed E-state index contributed by atoms with van der Waals surface area (Å²) in [5.74, 6) is 1.20. The van der Waals surface area contributed by atoms with Gasteiger partial charge in [0.25, 0.3) is 0 Å². The molecule has 2 fully saturated rings. The Bertz CT molecular complexity index is 781. The quantitative estimate of drug-likeness (QED) is 0.323. The van der Waals surface area contributed by atoms with E-state index in [2.05, 4.69) is 72.1 Å². The molecule has 1 N–H and O–H groups in total. The number of piperazine rings is 1. The first-order chi connectivity index (χ1) is 15.3. The third-order valence-corrected chi connectivity index (χ3v) is 6.26. The van der Waals surface area contributed by atoms with Gasteiger partial charge in [-0.2, -0.15) is 0 Å². The Balaban J connectivity index is 0.00000385. The largest absolute Gasteiger partial charge is 0.371 e. The molecule has 1 atom stereocenters. The lowest BCUT2D eigenvalue weighted by molar-refractivity contribution is -0.135. The molecule has 1 amide bonds. The molecule has 2 saturated heterocycles. The Morgan fingerprint density at radius 3 is 2.30 bits per heavy atom. The van der Waals surface area contributed by atoms with E-state index in [0.29, 0.717) is 6.61 Å². The maximum absolute atomic E-state index is 12.7. The van der Waals surface area contributed by atoms with E-state index in [4.69, 9.17) is 4.74 Å². The van der Waals surface area contributed by atoms with Crippen molar-refractivity contribution in [1.82, 2.24) is 20.0 Å². The molecule has 2 aliphatic heterocycles. The summed E-state index contributed by atoms with van der Waals surface area (Å²) in [6.45, 7) is 15.0. The maximum atomic E-state index is 12.7. The van der Waals surface area contributed by atoms with Crippen LogP contribution >= 0.6 is 24.0 Å². The van der Waals surface area contributed by atoms with Crippen molar-refractivity contribution in [2.75, 3.05) is 46.3 Å². The van der Waals surface area contributed by atoms with Gasteiger partial charge in [0.15, 0.2) is 5.96 Å². The number of amides is 1. The van der Waals surface area contributed by atoms with Gasteiger partial charge >= 0.3 is 0 Å². The van der Waals surface area contributed by atoms with Gasteiger partial charge in [0.1, 0.15) is 0 Å². The van der Waals surface area contributed by atoms with Crippen molar-refractivity contribution in [1.29, 1.82) is 0 Å².